The molecule has 0 radical (unpaired) electrons. The lowest BCUT2D eigenvalue weighted by Crippen LogP contribution is -2.63. The fraction of sp³-hybridized carbons (Fsp3) is 0.897. The molecule has 4 saturated heterocycles. The van der Waals surface area contributed by atoms with Crippen LogP contribution in [-0.2, 0) is 19.0 Å². The molecule has 0 aromatic carbocycles. The zero-order valence-electron chi connectivity index (χ0n) is 24.7. The molecule has 234 valence electrons. The minimum Gasteiger partial charge on any atom is -0.388 e. The average molecular weight is 590 g/mol. The number of nitrogens with one attached hydrogen (secondary N) is 2. The fourth-order valence-electron chi connectivity index (χ4n) is 5.41. The van der Waals surface area contributed by atoms with Crippen LogP contribution < -0.4 is 10.6 Å². The molecule has 5 aliphatic heterocycles. The van der Waals surface area contributed by atoms with E-state index in [0.29, 0.717) is 18.9 Å². The van der Waals surface area contributed by atoms with Crippen LogP contribution in [0.15, 0.2) is 12.2 Å². The molecular weight excluding hydrogens is 534 g/mol. The Labute approximate surface area is 246 Å². The number of carbonyl (C=O) groups is 1. The molecule has 9 unspecified atom stereocenters. The molecule has 0 saturated carbocycles. The quantitative estimate of drug-likeness (QED) is 0.301. The van der Waals surface area contributed by atoms with Crippen LogP contribution in [0.1, 0.15) is 54.3 Å². The van der Waals surface area contributed by atoms with Crippen molar-refractivity contribution in [1.29, 1.82) is 0 Å². The third-order valence-corrected chi connectivity index (χ3v) is 8.83. The van der Waals surface area contributed by atoms with Crippen LogP contribution >= 0.6 is 11.8 Å². The Hall–Kier alpha value is -0.760. The van der Waals surface area contributed by atoms with Crippen LogP contribution in [0.4, 0.5) is 0 Å². The Morgan fingerprint density at radius 1 is 1.05 bits per heavy atom. The van der Waals surface area contributed by atoms with Gasteiger partial charge in [-0.15, -0.1) is 11.8 Å². The summed E-state index contributed by atoms with van der Waals surface area (Å²) in [5.74, 6) is 1.75. The lowest BCUT2D eigenvalue weighted by molar-refractivity contribution is -0.205. The highest BCUT2D eigenvalue weighted by atomic mass is 32.2. The van der Waals surface area contributed by atoms with Crippen molar-refractivity contribution in [2.45, 2.75) is 101 Å². The molecule has 10 nitrogen and oxygen atoms in total. The van der Waals surface area contributed by atoms with Crippen molar-refractivity contribution >= 4 is 17.7 Å². The van der Waals surface area contributed by atoms with Gasteiger partial charge in [0.15, 0.2) is 0 Å². The predicted octanol–water partition coefficient (Wildman–Crippen LogP) is 1.38. The Morgan fingerprint density at radius 3 is 2.45 bits per heavy atom. The second kappa shape index (κ2) is 17.4. The number of aliphatic hydroxyl groups excluding tert-OH is 3. The molecule has 4 fully saturated rings. The second-order valence-corrected chi connectivity index (χ2v) is 13.3. The van der Waals surface area contributed by atoms with Crippen molar-refractivity contribution in [3.05, 3.63) is 12.2 Å². The molecule has 2 bridgehead atoms. The fourth-order valence-corrected chi connectivity index (χ4v) is 6.48. The molecule has 40 heavy (non-hydrogen) atoms. The zero-order chi connectivity index (χ0) is 29.1. The summed E-state index contributed by atoms with van der Waals surface area (Å²) in [5, 5.41) is 37.5. The summed E-state index contributed by atoms with van der Waals surface area (Å²) >= 11 is 1.41. The van der Waals surface area contributed by atoms with E-state index in [0.717, 1.165) is 70.2 Å². The highest BCUT2D eigenvalue weighted by molar-refractivity contribution is 7.99. The summed E-state index contributed by atoms with van der Waals surface area (Å²) in [5.41, 5.74) is -0.636. The van der Waals surface area contributed by atoms with Gasteiger partial charge in [-0.3, -0.25) is 4.79 Å². The lowest BCUT2D eigenvalue weighted by Gasteiger charge is -2.43. The molecule has 5 N–H and O–H groups in total. The van der Waals surface area contributed by atoms with Crippen LogP contribution in [0, 0.1) is 11.8 Å². The topological polar surface area (TPSA) is 133 Å². The molecule has 5 heterocycles. The maximum atomic E-state index is 13.1. The van der Waals surface area contributed by atoms with Crippen LogP contribution in [-0.4, -0.2) is 126 Å². The van der Waals surface area contributed by atoms with E-state index in [9.17, 15) is 20.1 Å². The summed E-state index contributed by atoms with van der Waals surface area (Å²) in [7, 11) is 2.11. The SMILES string of the molecule is CC(C)C.CN1CCOCC1.O=C(NC1C/C=C\CCSC2OC1C(O)C(O)C2O)C1NCC2CCCCOC21.[HH]. The van der Waals surface area contributed by atoms with Crippen molar-refractivity contribution in [3.8, 4) is 0 Å². The van der Waals surface area contributed by atoms with Crippen LogP contribution in [0.5, 0.6) is 0 Å². The summed E-state index contributed by atoms with van der Waals surface area (Å²) in [6.07, 6.45) is 3.81. The smallest absolute Gasteiger partial charge is 0.240 e. The standard InChI is InChI=1S/C20H32N2O6S.C5H11NO.C4H10.H2/c23-14-15(24)18-12(7-2-1-5-9-29-20(28-18)16(14)25)22-19(26)13-17-11(10-21-13)6-3-4-8-27-17;1-6-2-4-7-5-3-6;1-4(2)3;/h1-2,11-18,20-21,23-25H,3-10H2,(H,22,26);2-5H2,1H3;4H,1-3H3;1H/b2-1-;;;. The number of amides is 1. The number of allylic oxidation sites excluding steroid dienone is 1. The number of aliphatic hydroxyl groups is 3. The number of carbonyl (C=O) groups excluding carboxylic acids is 1. The van der Waals surface area contributed by atoms with Crippen LogP contribution in [0.3, 0.4) is 0 Å². The van der Waals surface area contributed by atoms with Gasteiger partial charge in [-0.1, -0.05) is 39.3 Å². The second-order valence-electron chi connectivity index (χ2n) is 12.0. The first-order chi connectivity index (χ1) is 19.2. The summed E-state index contributed by atoms with van der Waals surface area (Å²) in [6, 6.07) is -0.942. The number of likely N-dealkylation sites (N-methyl/N-ethyl adjacent to an activating group) is 1. The van der Waals surface area contributed by atoms with E-state index in [1.165, 1.54) is 11.8 Å². The summed E-state index contributed by atoms with van der Waals surface area (Å²) in [6.45, 7) is 12.0. The maximum absolute atomic E-state index is 13.1. The average Bonchev–Trinajstić information content (AvgIpc) is 3.18. The van der Waals surface area contributed by atoms with Crippen LogP contribution in [0.2, 0.25) is 0 Å². The highest BCUT2D eigenvalue weighted by Gasteiger charge is 2.48. The van der Waals surface area contributed by atoms with Gasteiger partial charge in [0.25, 0.3) is 0 Å². The van der Waals surface area contributed by atoms with Gasteiger partial charge in [0.05, 0.1) is 25.4 Å². The van der Waals surface area contributed by atoms with Gasteiger partial charge < -0.3 is 45.1 Å². The maximum Gasteiger partial charge on any atom is 0.240 e. The van der Waals surface area contributed by atoms with E-state index in [-0.39, 0.29) is 13.4 Å². The van der Waals surface area contributed by atoms with Crippen molar-refractivity contribution in [2.24, 2.45) is 11.8 Å². The van der Waals surface area contributed by atoms with Gasteiger partial charge in [-0.05, 0) is 50.3 Å². The molecule has 9 atom stereocenters. The molecule has 0 aromatic rings. The molecular formula is C29H55N3O7S. The van der Waals surface area contributed by atoms with Crippen molar-refractivity contribution < 1.29 is 35.8 Å². The Morgan fingerprint density at radius 2 is 1.77 bits per heavy atom. The van der Waals surface area contributed by atoms with E-state index in [1.807, 2.05) is 12.2 Å². The van der Waals surface area contributed by atoms with Gasteiger partial charge in [0.1, 0.15) is 35.9 Å². The summed E-state index contributed by atoms with van der Waals surface area (Å²) < 4.78 is 17.0. The van der Waals surface area contributed by atoms with Crippen molar-refractivity contribution in [3.63, 3.8) is 0 Å². The van der Waals surface area contributed by atoms with E-state index in [2.05, 4.69) is 43.4 Å². The summed E-state index contributed by atoms with van der Waals surface area (Å²) in [4.78, 5) is 15.4. The highest BCUT2D eigenvalue weighted by Crippen LogP contribution is 2.32. The number of nitrogens with zero attached hydrogens (tertiary/aromatic N) is 1. The molecule has 1 amide bonds. The van der Waals surface area contributed by atoms with Gasteiger partial charge in [0.2, 0.25) is 5.91 Å². The third kappa shape index (κ3) is 10.2. The first-order valence-corrected chi connectivity index (χ1v) is 16.1. The van der Waals surface area contributed by atoms with E-state index in [4.69, 9.17) is 14.2 Å². The van der Waals surface area contributed by atoms with Crippen molar-refractivity contribution in [1.82, 2.24) is 15.5 Å². The number of hydrogen-bond donors (Lipinski definition) is 5. The molecule has 5 aliphatic rings. The predicted molar refractivity (Wildman–Crippen MR) is 159 cm³/mol. The first-order valence-electron chi connectivity index (χ1n) is 15.1. The van der Waals surface area contributed by atoms with E-state index >= 15 is 0 Å². The lowest BCUT2D eigenvalue weighted by atomic mass is 9.92. The third-order valence-electron chi connectivity index (χ3n) is 7.64. The van der Waals surface area contributed by atoms with Gasteiger partial charge in [0, 0.05) is 27.7 Å². The molecule has 0 aliphatic carbocycles. The van der Waals surface area contributed by atoms with Gasteiger partial charge >= 0.3 is 0 Å². The Bertz CT molecular complexity index is 774. The largest absolute Gasteiger partial charge is 0.388 e. The van der Waals surface area contributed by atoms with Gasteiger partial charge in [-0.2, -0.15) is 0 Å². The molecule has 5 rings (SSSR count). The number of hydrogen-bond acceptors (Lipinski definition) is 10. The monoisotopic (exact) mass is 589 g/mol. The van der Waals surface area contributed by atoms with E-state index in [1.54, 1.807) is 0 Å². The number of thioether (sulfide) groups is 1. The molecule has 11 heteroatoms. The van der Waals surface area contributed by atoms with Crippen molar-refractivity contribution in [2.75, 3.05) is 52.3 Å². The minimum absolute atomic E-state index is 0. The normalized spacial score (nSPS) is 39.4. The number of morpholine rings is 1. The Kier molecular flexibility index (Phi) is 14.7. The first kappa shape index (κ1) is 33.7. The zero-order valence-corrected chi connectivity index (χ0v) is 25.6. The molecule has 0 spiro atoms. The number of rotatable bonds is 2. The minimum atomic E-state index is -1.31. The molecule has 0 aromatic heterocycles. The number of fused-ring (bicyclic) bond motifs is 3. The Balaban J connectivity index is 0.000000414. The number of ether oxygens (including phenoxy) is 3. The van der Waals surface area contributed by atoms with Gasteiger partial charge in [-0.25, -0.2) is 0 Å². The van der Waals surface area contributed by atoms with E-state index < -0.39 is 41.9 Å². The van der Waals surface area contributed by atoms with Crippen LogP contribution in [0.25, 0.3) is 0 Å².